The summed E-state index contributed by atoms with van der Waals surface area (Å²) in [6.07, 6.45) is 4.09. The molecular formula is C18H14Br2I2O. The van der Waals surface area contributed by atoms with Crippen LogP contribution in [0.4, 0.5) is 0 Å². The highest BCUT2D eigenvalue weighted by Gasteiger charge is 2.02. The zero-order valence-electron chi connectivity index (χ0n) is 12.1. The Hall–Kier alpha value is 0.300. The van der Waals surface area contributed by atoms with E-state index in [2.05, 4.69) is 101 Å². The molecule has 0 saturated carbocycles. The SMILES string of the molecule is Br/C(=C/COC/C=C(/Br)c1ccccc1I)c1ccccc1I. The first kappa shape index (κ1) is 19.6. The van der Waals surface area contributed by atoms with E-state index in [0.717, 1.165) is 8.96 Å². The largest absolute Gasteiger partial charge is 0.373 e. The van der Waals surface area contributed by atoms with E-state index in [1.807, 2.05) is 36.4 Å². The number of hydrogen-bond acceptors (Lipinski definition) is 1. The van der Waals surface area contributed by atoms with E-state index >= 15 is 0 Å². The highest BCUT2D eigenvalue weighted by molar-refractivity contribution is 14.1. The van der Waals surface area contributed by atoms with Crippen molar-refractivity contribution in [2.75, 3.05) is 13.2 Å². The molecule has 0 heterocycles. The maximum absolute atomic E-state index is 5.68. The van der Waals surface area contributed by atoms with Gasteiger partial charge in [0.25, 0.3) is 0 Å². The monoisotopic (exact) mass is 658 g/mol. The van der Waals surface area contributed by atoms with Crippen LogP contribution in [0.5, 0.6) is 0 Å². The number of halogens is 4. The molecule has 0 atom stereocenters. The molecule has 2 aromatic carbocycles. The molecule has 23 heavy (non-hydrogen) atoms. The third-order valence-electron chi connectivity index (χ3n) is 3.02. The molecule has 2 aromatic rings. The predicted molar refractivity (Wildman–Crippen MR) is 123 cm³/mol. The summed E-state index contributed by atoms with van der Waals surface area (Å²) in [7, 11) is 0. The summed E-state index contributed by atoms with van der Waals surface area (Å²) in [4.78, 5) is 0. The minimum atomic E-state index is 0.564. The van der Waals surface area contributed by atoms with Crippen LogP contribution in [0, 0.1) is 7.14 Å². The van der Waals surface area contributed by atoms with Gasteiger partial charge in [-0.05, 0) is 69.5 Å². The summed E-state index contributed by atoms with van der Waals surface area (Å²) in [5.41, 5.74) is 2.37. The Morgan fingerprint density at radius 1 is 0.783 bits per heavy atom. The molecule has 0 aliphatic rings. The Morgan fingerprint density at radius 2 is 1.17 bits per heavy atom. The van der Waals surface area contributed by atoms with Crippen molar-refractivity contribution in [2.24, 2.45) is 0 Å². The lowest BCUT2D eigenvalue weighted by atomic mass is 10.2. The van der Waals surface area contributed by atoms with Crippen molar-refractivity contribution in [3.8, 4) is 0 Å². The molecule has 1 nitrogen and oxygen atoms in total. The second-order valence-corrected chi connectivity index (χ2v) is 8.63. The van der Waals surface area contributed by atoms with Crippen molar-refractivity contribution in [1.82, 2.24) is 0 Å². The van der Waals surface area contributed by atoms with Gasteiger partial charge < -0.3 is 4.74 Å². The fourth-order valence-electron chi connectivity index (χ4n) is 1.86. The molecule has 0 radical (unpaired) electrons. The topological polar surface area (TPSA) is 9.23 Å². The van der Waals surface area contributed by atoms with Gasteiger partial charge in [0.05, 0.1) is 13.2 Å². The molecule has 0 saturated heterocycles. The van der Waals surface area contributed by atoms with Gasteiger partial charge >= 0.3 is 0 Å². The Bertz CT molecular complexity index is 665. The summed E-state index contributed by atoms with van der Waals surface area (Å²) in [5.74, 6) is 0. The predicted octanol–water partition coefficient (Wildman–Crippen LogP) is 7.08. The lowest BCUT2D eigenvalue weighted by Crippen LogP contribution is -1.93. The van der Waals surface area contributed by atoms with E-state index < -0.39 is 0 Å². The lowest BCUT2D eigenvalue weighted by molar-refractivity contribution is 0.195. The van der Waals surface area contributed by atoms with Crippen LogP contribution < -0.4 is 0 Å². The summed E-state index contributed by atoms with van der Waals surface area (Å²) in [6.45, 7) is 1.13. The zero-order chi connectivity index (χ0) is 16.7. The molecule has 0 N–H and O–H groups in total. The number of ether oxygens (including phenoxy) is 1. The quantitative estimate of drug-likeness (QED) is 0.238. The molecule has 0 spiro atoms. The first-order valence-electron chi connectivity index (χ1n) is 6.88. The molecule has 120 valence electrons. The molecular weight excluding hydrogens is 646 g/mol. The highest BCUT2D eigenvalue weighted by Crippen LogP contribution is 2.26. The maximum Gasteiger partial charge on any atom is 0.0665 e. The van der Waals surface area contributed by atoms with E-state index in [9.17, 15) is 0 Å². The van der Waals surface area contributed by atoms with Gasteiger partial charge in [-0.3, -0.25) is 0 Å². The number of rotatable bonds is 6. The average Bonchev–Trinajstić information content (AvgIpc) is 2.55. The average molecular weight is 660 g/mol. The van der Waals surface area contributed by atoms with Crippen LogP contribution in [0.1, 0.15) is 11.1 Å². The second kappa shape index (κ2) is 10.3. The first-order valence-corrected chi connectivity index (χ1v) is 10.6. The number of benzene rings is 2. The van der Waals surface area contributed by atoms with Gasteiger partial charge in [-0.2, -0.15) is 0 Å². The van der Waals surface area contributed by atoms with E-state index in [1.165, 1.54) is 18.3 Å². The Morgan fingerprint density at radius 3 is 1.57 bits per heavy atom. The van der Waals surface area contributed by atoms with Crippen molar-refractivity contribution in [3.63, 3.8) is 0 Å². The Balaban J connectivity index is 1.88. The van der Waals surface area contributed by atoms with Crippen LogP contribution in [-0.2, 0) is 4.74 Å². The summed E-state index contributed by atoms with van der Waals surface area (Å²) < 4.78 is 10.2. The third kappa shape index (κ3) is 6.26. The van der Waals surface area contributed by atoms with Gasteiger partial charge in [0, 0.05) is 27.2 Å². The van der Waals surface area contributed by atoms with Crippen molar-refractivity contribution in [2.45, 2.75) is 0 Å². The van der Waals surface area contributed by atoms with Gasteiger partial charge in [-0.1, -0.05) is 68.3 Å². The lowest BCUT2D eigenvalue weighted by Gasteiger charge is -2.05. The van der Waals surface area contributed by atoms with Gasteiger partial charge in [-0.25, -0.2) is 0 Å². The van der Waals surface area contributed by atoms with E-state index in [1.54, 1.807) is 0 Å². The van der Waals surface area contributed by atoms with Gasteiger partial charge in [0.2, 0.25) is 0 Å². The third-order valence-corrected chi connectivity index (χ3v) is 6.41. The van der Waals surface area contributed by atoms with Gasteiger partial charge in [-0.15, -0.1) is 0 Å². The minimum Gasteiger partial charge on any atom is -0.373 e. The minimum absolute atomic E-state index is 0.564. The molecule has 0 bridgehead atoms. The van der Waals surface area contributed by atoms with Crippen molar-refractivity contribution >= 4 is 86.0 Å². The van der Waals surface area contributed by atoms with Gasteiger partial charge in [0.15, 0.2) is 0 Å². The number of hydrogen-bond donors (Lipinski definition) is 0. The molecule has 0 unspecified atom stereocenters. The van der Waals surface area contributed by atoms with Crippen LogP contribution in [0.3, 0.4) is 0 Å². The second-order valence-electron chi connectivity index (χ2n) is 4.60. The molecule has 0 fully saturated rings. The van der Waals surface area contributed by atoms with E-state index in [0.29, 0.717) is 13.2 Å². The van der Waals surface area contributed by atoms with Crippen LogP contribution in [0.25, 0.3) is 8.96 Å². The van der Waals surface area contributed by atoms with Crippen molar-refractivity contribution < 1.29 is 4.74 Å². The van der Waals surface area contributed by atoms with E-state index in [-0.39, 0.29) is 0 Å². The summed E-state index contributed by atoms with van der Waals surface area (Å²) in [5, 5.41) is 0. The highest BCUT2D eigenvalue weighted by atomic mass is 127. The zero-order valence-corrected chi connectivity index (χ0v) is 19.6. The Kier molecular flexibility index (Phi) is 8.81. The summed E-state index contributed by atoms with van der Waals surface area (Å²) in [6, 6.07) is 16.5. The fourth-order valence-corrected chi connectivity index (χ4v) is 4.91. The molecule has 0 aliphatic carbocycles. The van der Waals surface area contributed by atoms with Crippen molar-refractivity contribution in [3.05, 3.63) is 79.0 Å². The molecule has 0 aliphatic heterocycles. The smallest absolute Gasteiger partial charge is 0.0665 e. The molecule has 5 heteroatoms. The van der Waals surface area contributed by atoms with Crippen molar-refractivity contribution in [1.29, 1.82) is 0 Å². The molecule has 0 amide bonds. The first-order chi connectivity index (χ1) is 11.1. The van der Waals surface area contributed by atoms with Crippen LogP contribution in [-0.4, -0.2) is 13.2 Å². The maximum atomic E-state index is 5.68. The van der Waals surface area contributed by atoms with E-state index in [4.69, 9.17) is 4.74 Å². The van der Waals surface area contributed by atoms with Crippen LogP contribution in [0.2, 0.25) is 0 Å². The summed E-state index contributed by atoms with van der Waals surface area (Å²) >= 11 is 11.9. The normalized spacial score (nSPS) is 12.5. The van der Waals surface area contributed by atoms with Crippen LogP contribution in [0.15, 0.2) is 60.7 Å². The Labute approximate surface area is 181 Å². The standard InChI is InChI=1S/C18H14Br2I2O/c19-15(13-5-1-3-7-17(13)21)9-11-23-12-10-16(20)14-6-2-4-8-18(14)22/h1-10H,11-12H2/b15-9+,16-10+. The van der Waals surface area contributed by atoms with Gasteiger partial charge in [0.1, 0.15) is 0 Å². The molecule has 2 rings (SSSR count). The van der Waals surface area contributed by atoms with Crippen LogP contribution >= 0.6 is 77.0 Å². The molecule has 0 aromatic heterocycles. The fraction of sp³-hybridized carbons (Fsp3) is 0.111.